The van der Waals surface area contributed by atoms with Gasteiger partial charge in [-0.05, 0) is 65.3 Å². The maximum atomic E-state index is 13.6. The van der Waals surface area contributed by atoms with Gasteiger partial charge in [0.2, 0.25) is 0 Å². The van der Waals surface area contributed by atoms with E-state index < -0.39 is 29.6 Å². The monoisotopic (exact) mass is 450 g/mol. The van der Waals surface area contributed by atoms with Crippen LogP contribution >= 0.6 is 0 Å². The molecule has 0 bridgehead atoms. The Morgan fingerprint density at radius 2 is 1.36 bits per heavy atom. The van der Waals surface area contributed by atoms with E-state index in [0.717, 1.165) is 11.1 Å². The fraction of sp³-hybridized carbons (Fsp3) is 0.360. The fourth-order valence-corrected chi connectivity index (χ4v) is 3.74. The summed E-state index contributed by atoms with van der Waals surface area (Å²) in [5.74, 6) is 0. The van der Waals surface area contributed by atoms with Crippen molar-refractivity contribution in [3.8, 4) is 0 Å². The number of para-hydroxylation sites is 1. The van der Waals surface area contributed by atoms with Gasteiger partial charge in [-0.25, -0.2) is 14.6 Å². The molecule has 8 nitrogen and oxygen atoms in total. The Morgan fingerprint density at radius 3 is 2.00 bits per heavy atom. The second-order valence-corrected chi connectivity index (χ2v) is 9.92. The normalized spacial score (nSPS) is 17.6. The topological polar surface area (TPSA) is 65.6 Å². The molecular weight excluding hydrogens is 420 g/mol. The second-order valence-electron chi connectivity index (χ2n) is 9.92. The third-order valence-electron chi connectivity index (χ3n) is 4.89. The number of fused-ring (bicyclic) bond motifs is 3. The molecule has 0 aromatic heterocycles. The molecule has 2 amide bonds. The van der Waals surface area contributed by atoms with E-state index in [1.807, 2.05) is 71.9 Å². The van der Waals surface area contributed by atoms with Crippen molar-refractivity contribution in [3.63, 3.8) is 0 Å². The van der Waals surface area contributed by atoms with Crippen LogP contribution in [0.15, 0.2) is 60.8 Å². The van der Waals surface area contributed by atoms with Gasteiger partial charge in [-0.1, -0.05) is 47.6 Å². The van der Waals surface area contributed by atoms with Crippen molar-refractivity contribution >= 4 is 23.9 Å². The molecule has 1 atom stereocenters. The number of hydrogen-bond acceptors (Lipinski definition) is 6. The first kappa shape index (κ1) is 22.5. The summed E-state index contributed by atoms with van der Waals surface area (Å²) in [5, 5.41) is 5.99. The number of anilines is 1. The number of hydrazine groups is 3. The lowest BCUT2D eigenvalue weighted by atomic mass is 10.0. The number of hydrogen-bond donors (Lipinski definition) is 0. The number of carbonyl (C=O) groups excluding carboxylic acids is 2. The fourth-order valence-electron chi connectivity index (χ4n) is 3.74. The van der Waals surface area contributed by atoms with E-state index >= 15 is 0 Å². The van der Waals surface area contributed by atoms with Gasteiger partial charge in [0.05, 0.1) is 5.69 Å². The van der Waals surface area contributed by atoms with Crippen LogP contribution in [0.25, 0.3) is 6.08 Å². The van der Waals surface area contributed by atoms with Gasteiger partial charge in [-0.15, -0.1) is 0 Å². The Bertz CT molecular complexity index is 1040. The van der Waals surface area contributed by atoms with Crippen LogP contribution in [0.3, 0.4) is 0 Å². The SMILES string of the molecule is CC(C)(C)OC(=O)N1C2c3ccccc3C=CN2N(c2ccccc2)N1C(=O)OC(C)(C)C. The summed E-state index contributed by atoms with van der Waals surface area (Å²) in [5.41, 5.74) is 0.967. The van der Waals surface area contributed by atoms with Crippen molar-refractivity contribution in [2.24, 2.45) is 0 Å². The Kier molecular flexibility index (Phi) is 5.47. The summed E-state index contributed by atoms with van der Waals surface area (Å²) in [6.45, 7) is 10.7. The minimum Gasteiger partial charge on any atom is -0.442 e. The number of benzene rings is 2. The predicted octanol–water partition coefficient (Wildman–Crippen LogP) is 5.71. The second kappa shape index (κ2) is 8.03. The van der Waals surface area contributed by atoms with E-state index in [-0.39, 0.29) is 0 Å². The predicted molar refractivity (Wildman–Crippen MR) is 125 cm³/mol. The summed E-state index contributed by atoms with van der Waals surface area (Å²) >= 11 is 0. The molecule has 1 fully saturated rings. The molecular formula is C25H30N4O4. The van der Waals surface area contributed by atoms with E-state index in [9.17, 15) is 9.59 Å². The zero-order valence-electron chi connectivity index (χ0n) is 19.9. The minimum absolute atomic E-state index is 0.645. The molecule has 0 aliphatic carbocycles. The van der Waals surface area contributed by atoms with Gasteiger partial charge in [-0.3, -0.25) is 0 Å². The highest BCUT2D eigenvalue weighted by molar-refractivity contribution is 5.79. The van der Waals surface area contributed by atoms with Gasteiger partial charge in [-0.2, -0.15) is 10.1 Å². The lowest BCUT2D eigenvalue weighted by molar-refractivity contribution is -0.0580. The molecule has 1 unspecified atom stereocenters. The Labute approximate surface area is 194 Å². The molecule has 8 heteroatoms. The highest BCUT2D eigenvalue weighted by Crippen LogP contribution is 2.44. The molecule has 2 aliphatic rings. The molecule has 0 radical (unpaired) electrons. The largest absolute Gasteiger partial charge is 0.451 e. The molecule has 2 aliphatic heterocycles. The Hall–Kier alpha value is -3.68. The maximum Gasteiger partial charge on any atom is 0.451 e. The summed E-state index contributed by atoms with van der Waals surface area (Å²) in [6.07, 6.45) is 1.80. The van der Waals surface area contributed by atoms with Gasteiger partial charge in [0.15, 0.2) is 6.17 Å². The van der Waals surface area contributed by atoms with Crippen LogP contribution in [0.2, 0.25) is 0 Å². The lowest BCUT2D eigenvalue weighted by Gasteiger charge is -2.35. The molecule has 0 N–H and O–H groups in total. The van der Waals surface area contributed by atoms with Crippen LogP contribution < -0.4 is 5.12 Å². The summed E-state index contributed by atoms with van der Waals surface area (Å²) < 4.78 is 11.5. The van der Waals surface area contributed by atoms with E-state index in [1.54, 1.807) is 46.7 Å². The van der Waals surface area contributed by atoms with E-state index in [0.29, 0.717) is 5.69 Å². The smallest absolute Gasteiger partial charge is 0.442 e. The number of amides is 2. The molecule has 2 aromatic carbocycles. The van der Waals surface area contributed by atoms with Crippen LogP contribution in [0.5, 0.6) is 0 Å². The molecule has 2 aromatic rings. The number of carbonyl (C=O) groups is 2. The summed E-state index contributed by atoms with van der Waals surface area (Å²) in [6, 6.07) is 17.1. The molecule has 0 spiro atoms. The summed E-state index contributed by atoms with van der Waals surface area (Å²) in [4.78, 5) is 27.1. The van der Waals surface area contributed by atoms with Crippen LogP contribution in [0, 0.1) is 0 Å². The van der Waals surface area contributed by atoms with Crippen molar-refractivity contribution in [2.45, 2.75) is 58.9 Å². The van der Waals surface area contributed by atoms with Gasteiger partial charge >= 0.3 is 12.2 Å². The van der Waals surface area contributed by atoms with Gasteiger partial charge in [0, 0.05) is 11.8 Å². The quantitative estimate of drug-likeness (QED) is 0.554. The zero-order valence-corrected chi connectivity index (χ0v) is 19.9. The van der Waals surface area contributed by atoms with E-state index in [2.05, 4.69) is 0 Å². The number of ether oxygens (including phenoxy) is 2. The van der Waals surface area contributed by atoms with Crippen molar-refractivity contribution in [3.05, 3.63) is 71.9 Å². The average Bonchev–Trinajstić information content (AvgIpc) is 3.08. The third-order valence-corrected chi connectivity index (χ3v) is 4.89. The van der Waals surface area contributed by atoms with Gasteiger partial charge in [0.25, 0.3) is 0 Å². The van der Waals surface area contributed by atoms with Gasteiger partial charge < -0.3 is 9.47 Å². The molecule has 174 valence electrons. The van der Waals surface area contributed by atoms with Crippen LogP contribution in [-0.2, 0) is 9.47 Å². The Balaban J connectivity index is 1.89. The van der Waals surface area contributed by atoms with Crippen molar-refractivity contribution in [1.82, 2.24) is 15.1 Å². The lowest BCUT2D eigenvalue weighted by Crippen LogP contribution is -2.54. The third kappa shape index (κ3) is 4.46. The highest BCUT2D eigenvalue weighted by Gasteiger charge is 2.53. The van der Waals surface area contributed by atoms with Crippen molar-refractivity contribution in [1.29, 1.82) is 0 Å². The van der Waals surface area contributed by atoms with Crippen molar-refractivity contribution < 1.29 is 19.1 Å². The molecule has 2 heterocycles. The first-order chi connectivity index (χ1) is 15.5. The average molecular weight is 451 g/mol. The van der Waals surface area contributed by atoms with Crippen LogP contribution in [0.4, 0.5) is 15.3 Å². The highest BCUT2D eigenvalue weighted by atomic mass is 16.6. The van der Waals surface area contributed by atoms with E-state index in [1.165, 1.54) is 10.1 Å². The Morgan fingerprint density at radius 1 is 0.788 bits per heavy atom. The minimum atomic E-state index is -0.768. The van der Waals surface area contributed by atoms with E-state index in [4.69, 9.17) is 9.47 Å². The molecule has 33 heavy (non-hydrogen) atoms. The maximum absolute atomic E-state index is 13.6. The first-order valence-corrected chi connectivity index (χ1v) is 10.9. The van der Waals surface area contributed by atoms with Gasteiger partial charge in [0.1, 0.15) is 11.2 Å². The number of rotatable bonds is 1. The van der Waals surface area contributed by atoms with Crippen LogP contribution in [-0.4, -0.2) is 38.5 Å². The molecule has 4 rings (SSSR count). The first-order valence-electron chi connectivity index (χ1n) is 10.9. The summed E-state index contributed by atoms with van der Waals surface area (Å²) in [7, 11) is 0. The molecule has 1 saturated heterocycles. The number of nitrogens with zero attached hydrogens (tertiary/aromatic N) is 4. The zero-order chi connectivity index (χ0) is 24.0. The standard InChI is InChI=1S/C25H30N4O4/c1-24(2,3)32-22(30)27-21-20-15-11-10-12-18(20)16-17-26(21)28(19-13-8-7-9-14-19)29(27)23(31)33-25(4,5)6/h7-17,21H,1-6H3. The van der Waals surface area contributed by atoms with Crippen molar-refractivity contribution in [2.75, 3.05) is 5.12 Å². The molecule has 0 saturated carbocycles. The van der Waals surface area contributed by atoms with Crippen LogP contribution in [0.1, 0.15) is 58.8 Å².